The number of anilines is 1. The van der Waals surface area contributed by atoms with Crippen LogP contribution in [0.25, 0.3) is 0 Å². The van der Waals surface area contributed by atoms with Crippen LogP contribution in [0.3, 0.4) is 0 Å². The lowest BCUT2D eigenvalue weighted by molar-refractivity contribution is -0.116. The van der Waals surface area contributed by atoms with Gasteiger partial charge in [-0.25, -0.2) is 0 Å². The van der Waals surface area contributed by atoms with Crippen LogP contribution in [0.15, 0.2) is 12.4 Å². The third-order valence-electron chi connectivity index (χ3n) is 3.19. The van der Waals surface area contributed by atoms with Crippen molar-refractivity contribution < 1.29 is 9.53 Å². The number of aromatic nitrogens is 2. The van der Waals surface area contributed by atoms with Gasteiger partial charge in [0.15, 0.2) is 0 Å². The molecule has 0 bridgehead atoms. The molecule has 0 saturated carbocycles. The normalized spacial score (nSPS) is 18.7. The number of ether oxygens (including phenoxy) is 1. The van der Waals surface area contributed by atoms with Crippen LogP contribution in [-0.2, 0) is 16.1 Å². The lowest BCUT2D eigenvalue weighted by Gasteiger charge is -2.08. The van der Waals surface area contributed by atoms with Gasteiger partial charge in [-0.1, -0.05) is 0 Å². The van der Waals surface area contributed by atoms with Gasteiger partial charge in [-0.3, -0.25) is 9.48 Å². The number of nitrogens with zero attached hydrogens (tertiary/aromatic N) is 2. The van der Waals surface area contributed by atoms with Crippen LogP contribution in [-0.4, -0.2) is 34.9 Å². The van der Waals surface area contributed by atoms with Gasteiger partial charge in [0.2, 0.25) is 5.91 Å². The Morgan fingerprint density at radius 3 is 3.21 bits per heavy atom. The van der Waals surface area contributed by atoms with E-state index in [-0.39, 0.29) is 12.0 Å². The van der Waals surface area contributed by atoms with E-state index < -0.39 is 0 Å². The Bertz CT molecular complexity index is 399. The minimum atomic E-state index is 0.0186. The van der Waals surface area contributed by atoms with Gasteiger partial charge in [0.05, 0.1) is 24.5 Å². The number of unbranched alkanes of at least 4 members (excludes halogenated alkanes) is 1. The second kappa shape index (κ2) is 7.25. The van der Waals surface area contributed by atoms with Gasteiger partial charge in [0, 0.05) is 19.2 Å². The second-order valence-corrected chi connectivity index (χ2v) is 4.88. The highest BCUT2D eigenvalue weighted by atomic mass is 16.5. The molecule has 1 atom stereocenters. The maximum Gasteiger partial charge on any atom is 0.224 e. The highest BCUT2D eigenvalue weighted by Crippen LogP contribution is 2.15. The molecule has 1 aliphatic heterocycles. The zero-order valence-corrected chi connectivity index (χ0v) is 11.2. The van der Waals surface area contributed by atoms with Crippen LogP contribution in [0.5, 0.6) is 0 Å². The summed E-state index contributed by atoms with van der Waals surface area (Å²) in [6.45, 7) is 2.23. The molecular weight excluding hydrogens is 244 g/mol. The number of amides is 1. The van der Waals surface area contributed by atoms with Crippen molar-refractivity contribution in [1.82, 2.24) is 9.78 Å². The summed E-state index contributed by atoms with van der Waals surface area (Å²) in [6.07, 6.45) is 8.20. The van der Waals surface area contributed by atoms with Crippen LogP contribution in [0.1, 0.15) is 32.1 Å². The van der Waals surface area contributed by atoms with E-state index in [0.29, 0.717) is 13.0 Å². The number of nitrogens with two attached hydrogens (primary N) is 1. The van der Waals surface area contributed by atoms with E-state index in [1.54, 1.807) is 6.20 Å². The average molecular weight is 266 g/mol. The number of carbonyl (C=O) groups is 1. The van der Waals surface area contributed by atoms with Crippen molar-refractivity contribution in [1.29, 1.82) is 0 Å². The molecule has 0 aromatic carbocycles. The predicted molar refractivity (Wildman–Crippen MR) is 72.7 cm³/mol. The first kappa shape index (κ1) is 14.0. The van der Waals surface area contributed by atoms with E-state index in [9.17, 15) is 4.79 Å². The number of hydrogen-bond donors (Lipinski definition) is 2. The third-order valence-corrected chi connectivity index (χ3v) is 3.19. The zero-order valence-electron chi connectivity index (χ0n) is 11.2. The molecule has 106 valence electrons. The molecule has 6 heteroatoms. The fourth-order valence-corrected chi connectivity index (χ4v) is 2.18. The molecule has 1 aliphatic rings. The average Bonchev–Trinajstić information content (AvgIpc) is 3.02. The largest absolute Gasteiger partial charge is 0.376 e. The van der Waals surface area contributed by atoms with E-state index in [1.165, 1.54) is 0 Å². The van der Waals surface area contributed by atoms with Gasteiger partial charge >= 0.3 is 0 Å². The lowest BCUT2D eigenvalue weighted by atomic mass is 10.2. The minimum absolute atomic E-state index is 0.0186. The number of nitrogens with one attached hydrogen (secondary N) is 1. The summed E-state index contributed by atoms with van der Waals surface area (Å²) >= 11 is 0. The fourth-order valence-electron chi connectivity index (χ4n) is 2.18. The Labute approximate surface area is 113 Å². The van der Waals surface area contributed by atoms with Crippen molar-refractivity contribution in [2.24, 2.45) is 5.73 Å². The Morgan fingerprint density at radius 2 is 2.47 bits per heavy atom. The van der Waals surface area contributed by atoms with Gasteiger partial charge < -0.3 is 15.8 Å². The quantitative estimate of drug-likeness (QED) is 0.725. The standard InChI is InChI=1S/C13H22N4O2/c14-6-2-1-5-13(18)16-11-8-15-17(9-11)10-12-4-3-7-19-12/h8-9,12H,1-7,10,14H2,(H,16,18). The first-order chi connectivity index (χ1) is 9.28. The van der Waals surface area contributed by atoms with E-state index in [2.05, 4.69) is 10.4 Å². The SMILES string of the molecule is NCCCCC(=O)Nc1cnn(CC2CCCO2)c1. The van der Waals surface area contributed by atoms with Crippen LogP contribution < -0.4 is 11.1 Å². The summed E-state index contributed by atoms with van der Waals surface area (Å²) in [4.78, 5) is 11.6. The summed E-state index contributed by atoms with van der Waals surface area (Å²) in [5.41, 5.74) is 6.14. The molecule has 1 saturated heterocycles. The fraction of sp³-hybridized carbons (Fsp3) is 0.692. The monoisotopic (exact) mass is 266 g/mol. The van der Waals surface area contributed by atoms with E-state index in [4.69, 9.17) is 10.5 Å². The molecule has 6 nitrogen and oxygen atoms in total. The van der Waals surface area contributed by atoms with Crippen molar-refractivity contribution in [3.8, 4) is 0 Å². The lowest BCUT2D eigenvalue weighted by Crippen LogP contribution is -2.15. The molecule has 1 unspecified atom stereocenters. The first-order valence-corrected chi connectivity index (χ1v) is 6.92. The van der Waals surface area contributed by atoms with Crippen LogP contribution in [0, 0.1) is 0 Å². The number of carbonyl (C=O) groups excluding carboxylic acids is 1. The molecule has 1 fully saturated rings. The summed E-state index contributed by atoms with van der Waals surface area (Å²) in [7, 11) is 0. The second-order valence-electron chi connectivity index (χ2n) is 4.88. The predicted octanol–water partition coefficient (Wildman–Crippen LogP) is 1.13. The van der Waals surface area contributed by atoms with E-state index in [1.807, 2.05) is 10.9 Å². The molecule has 1 amide bonds. The van der Waals surface area contributed by atoms with Crippen LogP contribution in [0.2, 0.25) is 0 Å². The van der Waals surface area contributed by atoms with Crippen molar-refractivity contribution >= 4 is 11.6 Å². The molecule has 0 radical (unpaired) electrons. The van der Waals surface area contributed by atoms with E-state index in [0.717, 1.165) is 44.5 Å². The van der Waals surface area contributed by atoms with Gasteiger partial charge in [0.25, 0.3) is 0 Å². The van der Waals surface area contributed by atoms with Gasteiger partial charge in [-0.15, -0.1) is 0 Å². The summed E-state index contributed by atoms with van der Waals surface area (Å²) in [5, 5.41) is 7.07. The third kappa shape index (κ3) is 4.65. The molecule has 0 spiro atoms. The van der Waals surface area contributed by atoms with Gasteiger partial charge in [-0.05, 0) is 32.2 Å². The van der Waals surface area contributed by atoms with Crippen LogP contribution >= 0.6 is 0 Å². The molecule has 2 rings (SSSR count). The smallest absolute Gasteiger partial charge is 0.224 e. The van der Waals surface area contributed by atoms with Crippen LogP contribution in [0.4, 0.5) is 5.69 Å². The summed E-state index contributed by atoms with van der Waals surface area (Å²) in [5.74, 6) is 0.0186. The van der Waals surface area contributed by atoms with Crippen molar-refractivity contribution in [2.75, 3.05) is 18.5 Å². The Kier molecular flexibility index (Phi) is 5.35. The highest BCUT2D eigenvalue weighted by molar-refractivity contribution is 5.90. The number of hydrogen-bond acceptors (Lipinski definition) is 4. The molecule has 19 heavy (non-hydrogen) atoms. The molecule has 2 heterocycles. The summed E-state index contributed by atoms with van der Waals surface area (Å²) in [6, 6.07) is 0. The van der Waals surface area contributed by atoms with Crippen molar-refractivity contribution in [3.63, 3.8) is 0 Å². The first-order valence-electron chi connectivity index (χ1n) is 6.92. The number of rotatable bonds is 7. The molecular formula is C13H22N4O2. The maximum atomic E-state index is 11.6. The highest BCUT2D eigenvalue weighted by Gasteiger charge is 2.16. The van der Waals surface area contributed by atoms with E-state index >= 15 is 0 Å². The van der Waals surface area contributed by atoms with Crippen molar-refractivity contribution in [3.05, 3.63) is 12.4 Å². The molecule has 1 aromatic rings. The summed E-state index contributed by atoms with van der Waals surface area (Å²) < 4.78 is 7.38. The Morgan fingerprint density at radius 1 is 1.58 bits per heavy atom. The zero-order chi connectivity index (χ0) is 13.5. The maximum absolute atomic E-state index is 11.6. The molecule has 1 aromatic heterocycles. The Hall–Kier alpha value is -1.40. The van der Waals surface area contributed by atoms with Gasteiger partial charge in [0.1, 0.15) is 0 Å². The van der Waals surface area contributed by atoms with Crippen molar-refractivity contribution in [2.45, 2.75) is 44.8 Å². The Balaban J connectivity index is 1.75. The topological polar surface area (TPSA) is 82.2 Å². The molecule has 3 N–H and O–H groups in total. The minimum Gasteiger partial charge on any atom is -0.376 e. The molecule has 0 aliphatic carbocycles. The van der Waals surface area contributed by atoms with Gasteiger partial charge in [-0.2, -0.15) is 5.10 Å².